The highest BCUT2D eigenvalue weighted by atomic mass is 32.2. The summed E-state index contributed by atoms with van der Waals surface area (Å²) in [6, 6.07) is 2.01. The molecule has 0 fully saturated rings. The van der Waals surface area contributed by atoms with Crippen molar-refractivity contribution in [3.8, 4) is 0 Å². The summed E-state index contributed by atoms with van der Waals surface area (Å²) in [6.07, 6.45) is 0. The van der Waals surface area contributed by atoms with E-state index in [9.17, 15) is 4.79 Å². The van der Waals surface area contributed by atoms with E-state index in [2.05, 4.69) is 25.3 Å². The minimum absolute atomic E-state index is 0.259. The Morgan fingerprint density at radius 2 is 2.07 bits per heavy atom. The van der Waals surface area contributed by atoms with E-state index in [4.69, 9.17) is 0 Å². The monoisotopic (exact) mass is 225 g/mol. The molecule has 0 aliphatic carbocycles. The van der Waals surface area contributed by atoms with Crippen LogP contribution >= 0.6 is 11.8 Å². The van der Waals surface area contributed by atoms with Gasteiger partial charge in [0.05, 0.1) is 5.75 Å². The van der Waals surface area contributed by atoms with Crippen molar-refractivity contribution in [1.82, 2.24) is 4.57 Å². The third kappa shape index (κ3) is 2.65. The zero-order valence-corrected chi connectivity index (χ0v) is 10.8. The van der Waals surface area contributed by atoms with Crippen molar-refractivity contribution in [3.05, 3.63) is 23.0 Å². The summed E-state index contributed by atoms with van der Waals surface area (Å²) in [5.41, 5.74) is 3.19. The number of thioether (sulfide) groups is 1. The van der Waals surface area contributed by atoms with E-state index >= 15 is 0 Å². The molecule has 84 valence electrons. The smallest absolute Gasteiger partial charge is 0.174 e. The molecule has 3 heteroatoms. The predicted octanol–water partition coefficient (Wildman–Crippen LogP) is 3.06. The molecule has 1 aromatic heterocycles. The Kier molecular flexibility index (Phi) is 4.45. The van der Waals surface area contributed by atoms with Gasteiger partial charge >= 0.3 is 0 Å². The molecule has 0 amide bonds. The number of carbonyl (C=O) groups excluding carboxylic acids is 1. The molecule has 2 nitrogen and oxygen atoms in total. The maximum atomic E-state index is 11.9. The molecule has 0 saturated carbocycles. The van der Waals surface area contributed by atoms with E-state index in [1.807, 2.05) is 13.0 Å². The van der Waals surface area contributed by atoms with Crippen molar-refractivity contribution < 1.29 is 4.79 Å². The third-order valence-corrected chi connectivity index (χ3v) is 3.50. The topological polar surface area (TPSA) is 22.0 Å². The summed E-state index contributed by atoms with van der Waals surface area (Å²) in [6.45, 7) is 9.20. The number of hydrogen-bond donors (Lipinski definition) is 0. The fraction of sp³-hybridized carbons (Fsp3) is 0.583. The van der Waals surface area contributed by atoms with Crippen LogP contribution in [0, 0.1) is 13.8 Å². The maximum absolute atomic E-state index is 11.9. The van der Waals surface area contributed by atoms with Crippen molar-refractivity contribution in [1.29, 1.82) is 0 Å². The van der Waals surface area contributed by atoms with Crippen LogP contribution in [-0.4, -0.2) is 21.9 Å². The molecule has 0 bridgehead atoms. The highest BCUT2D eigenvalue weighted by molar-refractivity contribution is 7.99. The second-order valence-corrected chi connectivity index (χ2v) is 4.86. The number of carbonyl (C=O) groups is 1. The van der Waals surface area contributed by atoms with Crippen molar-refractivity contribution in [2.45, 2.75) is 34.2 Å². The summed E-state index contributed by atoms with van der Waals surface area (Å²) >= 11 is 1.68. The lowest BCUT2D eigenvalue weighted by molar-refractivity contribution is 0.102. The molecule has 0 N–H and O–H groups in total. The van der Waals surface area contributed by atoms with Gasteiger partial charge in [-0.15, -0.1) is 0 Å². The molecule has 0 atom stereocenters. The standard InChI is InChI=1S/C12H19NOS/c1-5-13-9(3)7-11(10(13)4)12(14)8-15-6-2/h7H,5-6,8H2,1-4H3. The number of ketones is 1. The highest BCUT2D eigenvalue weighted by Gasteiger charge is 2.14. The largest absolute Gasteiger partial charge is 0.349 e. The minimum Gasteiger partial charge on any atom is -0.349 e. The Morgan fingerprint density at radius 1 is 1.40 bits per heavy atom. The zero-order valence-electron chi connectivity index (χ0n) is 9.96. The molecule has 15 heavy (non-hydrogen) atoms. The number of Topliss-reactive ketones (excluding diaryl/α,β-unsaturated/α-hetero) is 1. The Labute approximate surface area is 96.1 Å². The number of aromatic nitrogens is 1. The van der Waals surface area contributed by atoms with Crippen LogP contribution in [0.4, 0.5) is 0 Å². The van der Waals surface area contributed by atoms with E-state index < -0.39 is 0 Å². The summed E-state index contributed by atoms with van der Waals surface area (Å²) in [7, 11) is 0. The number of hydrogen-bond acceptors (Lipinski definition) is 2. The van der Waals surface area contributed by atoms with Crippen LogP contribution in [0.15, 0.2) is 6.07 Å². The van der Waals surface area contributed by atoms with E-state index in [1.54, 1.807) is 11.8 Å². The van der Waals surface area contributed by atoms with Gasteiger partial charge in [0.2, 0.25) is 0 Å². The Morgan fingerprint density at radius 3 is 2.53 bits per heavy atom. The van der Waals surface area contributed by atoms with Gasteiger partial charge in [0.25, 0.3) is 0 Å². The molecular weight excluding hydrogens is 206 g/mol. The van der Waals surface area contributed by atoms with Crippen LogP contribution in [0.5, 0.6) is 0 Å². The van der Waals surface area contributed by atoms with E-state index in [0.717, 1.165) is 23.6 Å². The predicted molar refractivity (Wildman–Crippen MR) is 66.9 cm³/mol. The second-order valence-electron chi connectivity index (χ2n) is 3.59. The van der Waals surface area contributed by atoms with Gasteiger partial charge in [-0.05, 0) is 32.6 Å². The van der Waals surface area contributed by atoms with Crippen LogP contribution in [0.2, 0.25) is 0 Å². The number of nitrogens with zero attached hydrogens (tertiary/aromatic N) is 1. The Hall–Kier alpha value is -0.700. The van der Waals surface area contributed by atoms with Crippen molar-refractivity contribution in [3.63, 3.8) is 0 Å². The van der Waals surface area contributed by atoms with Crippen molar-refractivity contribution >= 4 is 17.5 Å². The SMILES string of the molecule is CCSCC(=O)c1cc(C)n(CC)c1C. The lowest BCUT2D eigenvalue weighted by atomic mass is 10.2. The molecule has 0 saturated heterocycles. The van der Waals surface area contributed by atoms with E-state index in [-0.39, 0.29) is 5.78 Å². The average molecular weight is 225 g/mol. The van der Waals surface area contributed by atoms with Gasteiger partial charge in [0.15, 0.2) is 5.78 Å². The van der Waals surface area contributed by atoms with Crippen LogP contribution < -0.4 is 0 Å². The fourth-order valence-electron chi connectivity index (χ4n) is 1.84. The summed E-state index contributed by atoms with van der Waals surface area (Å²) in [4.78, 5) is 11.9. The third-order valence-electron chi connectivity index (χ3n) is 2.63. The van der Waals surface area contributed by atoms with Crippen LogP contribution in [-0.2, 0) is 6.54 Å². The fourth-order valence-corrected chi connectivity index (χ4v) is 2.39. The second kappa shape index (κ2) is 5.40. The molecule has 0 spiro atoms. The molecule has 0 unspecified atom stereocenters. The van der Waals surface area contributed by atoms with Gasteiger partial charge < -0.3 is 4.57 Å². The summed E-state index contributed by atoms with van der Waals surface area (Å²) < 4.78 is 2.18. The van der Waals surface area contributed by atoms with Gasteiger partial charge in [-0.25, -0.2) is 0 Å². The normalized spacial score (nSPS) is 10.7. The van der Waals surface area contributed by atoms with Crippen LogP contribution in [0.1, 0.15) is 35.6 Å². The molecule has 0 aliphatic heterocycles. The summed E-state index contributed by atoms with van der Waals surface area (Å²) in [5.74, 6) is 1.86. The first-order valence-electron chi connectivity index (χ1n) is 5.39. The first-order chi connectivity index (χ1) is 7.11. The number of rotatable bonds is 5. The van der Waals surface area contributed by atoms with E-state index in [1.165, 1.54) is 5.69 Å². The highest BCUT2D eigenvalue weighted by Crippen LogP contribution is 2.17. The zero-order chi connectivity index (χ0) is 11.4. The first kappa shape index (κ1) is 12.4. The quantitative estimate of drug-likeness (QED) is 0.718. The molecular formula is C12H19NOS. The molecule has 0 radical (unpaired) electrons. The number of aryl methyl sites for hydroxylation is 1. The lowest BCUT2D eigenvalue weighted by Crippen LogP contribution is -2.05. The van der Waals surface area contributed by atoms with Crippen LogP contribution in [0.25, 0.3) is 0 Å². The van der Waals surface area contributed by atoms with E-state index in [0.29, 0.717) is 5.75 Å². The maximum Gasteiger partial charge on any atom is 0.174 e. The van der Waals surface area contributed by atoms with Gasteiger partial charge in [-0.2, -0.15) is 11.8 Å². The minimum atomic E-state index is 0.259. The molecule has 1 rings (SSSR count). The summed E-state index contributed by atoms with van der Waals surface area (Å²) in [5, 5.41) is 0. The van der Waals surface area contributed by atoms with Crippen molar-refractivity contribution in [2.24, 2.45) is 0 Å². The van der Waals surface area contributed by atoms with Gasteiger partial charge in [-0.1, -0.05) is 6.92 Å². The molecule has 0 aromatic carbocycles. The Bertz CT molecular complexity index is 355. The lowest BCUT2D eigenvalue weighted by Gasteiger charge is -2.05. The van der Waals surface area contributed by atoms with Gasteiger partial charge in [0.1, 0.15) is 0 Å². The van der Waals surface area contributed by atoms with Gasteiger partial charge in [-0.3, -0.25) is 4.79 Å². The van der Waals surface area contributed by atoms with Crippen LogP contribution in [0.3, 0.4) is 0 Å². The molecule has 1 heterocycles. The van der Waals surface area contributed by atoms with Gasteiger partial charge in [0, 0.05) is 23.5 Å². The first-order valence-corrected chi connectivity index (χ1v) is 6.54. The van der Waals surface area contributed by atoms with Crippen molar-refractivity contribution in [2.75, 3.05) is 11.5 Å². The molecule has 0 aliphatic rings. The Balaban J connectivity index is 2.90. The average Bonchev–Trinajstić information content (AvgIpc) is 2.50. The molecule has 1 aromatic rings.